The predicted octanol–water partition coefficient (Wildman–Crippen LogP) is 3.34. The first-order valence-corrected chi connectivity index (χ1v) is 7.92. The molecule has 118 valence electrons. The molecule has 1 heterocycles. The Hall–Kier alpha value is -2.17. The Kier molecular flexibility index (Phi) is 6.13. The normalized spacial score (nSPS) is 10.8. The highest BCUT2D eigenvalue weighted by Gasteiger charge is 2.18. The van der Waals surface area contributed by atoms with Crippen LogP contribution in [0.2, 0.25) is 0 Å². The molecule has 1 aromatic carbocycles. The van der Waals surface area contributed by atoms with Crippen molar-refractivity contribution in [1.82, 2.24) is 15.0 Å². The summed E-state index contributed by atoms with van der Waals surface area (Å²) in [6.45, 7) is 2.91. The van der Waals surface area contributed by atoms with Crippen molar-refractivity contribution in [3.8, 4) is 0 Å². The maximum absolute atomic E-state index is 11.3. The molecule has 0 aliphatic rings. The molecule has 2 rings (SSSR count). The largest absolute Gasteiger partial charge is 0.476 e. The number of hydrogen-bond acceptors (Lipinski definition) is 3. The van der Waals surface area contributed by atoms with Crippen LogP contribution in [0.5, 0.6) is 0 Å². The summed E-state index contributed by atoms with van der Waals surface area (Å²) in [5, 5.41) is 17.1. The van der Waals surface area contributed by atoms with Crippen LogP contribution in [0.3, 0.4) is 0 Å². The van der Waals surface area contributed by atoms with E-state index >= 15 is 0 Å². The van der Waals surface area contributed by atoms with E-state index in [9.17, 15) is 9.90 Å². The lowest BCUT2D eigenvalue weighted by Gasteiger charge is -2.07. The van der Waals surface area contributed by atoms with Gasteiger partial charge in [0.15, 0.2) is 5.69 Å². The van der Waals surface area contributed by atoms with Gasteiger partial charge in [0.2, 0.25) is 0 Å². The molecule has 0 bridgehead atoms. The molecule has 0 unspecified atom stereocenters. The molecule has 0 aliphatic heterocycles. The monoisotopic (exact) mass is 301 g/mol. The fourth-order valence-electron chi connectivity index (χ4n) is 2.52. The van der Waals surface area contributed by atoms with Gasteiger partial charge in [0.1, 0.15) is 0 Å². The topological polar surface area (TPSA) is 68.0 Å². The first-order valence-electron chi connectivity index (χ1n) is 7.92. The van der Waals surface area contributed by atoms with Gasteiger partial charge in [-0.2, -0.15) is 0 Å². The molecular formula is C17H23N3O2. The molecule has 0 atom stereocenters. The van der Waals surface area contributed by atoms with E-state index in [4.69, 9.17) is 0 Å². The second kappa shape index (κ2) is 8.32. The smallest absolute Gasteiger partial charge is 0.358 e. The molecule has 1 N–H and O–H groups in total. The summed E-state index contributed by atoms with van der Waals surface area (Å²) >= 11 is 0. The average molecular weight is 301 g/mol. The van der Waals surface area contributed by atoms with Crippen molar-refractivity contribution in [2.24, 2.45) is 0 Å². The summed E-state index contributed by atoms with van der Waals surface area (Å²) in [7, 11) is 0. The van der Waals surface area contributed by atoms with Crippen LogP contribution in [-0.2, 0) is 19.4 Å². The number of carboxylic acid groups (broad SMARTS) is 1. The number of rotatable bonds is 9. The summed E-state index contributed by atoms with van der Waals surface area (Å²) in [5.41, 5.74) is 2.01. The first-order chi connectivity index (χ1) is 10.7. The molecule has 0 aliphatic carbocycles. The van der Waals surface area contributed by atoms with Crippen LogP contribution >= 0.6 is 0 Å². The third kappa shape index (κ3) is 4.41. The van der Waals surface area contributed by atoms with Crippen LogP contribution in [0.4, 0.5) is 0 Å². The van der Waals surface area contributed by atoms with E-state index in [1.807, 2.05) is 18.2 Å². The minimum absolute atomic E-state index is 0.0893. The van der Waals surface area contributed by atoms with Crippen molar-refractivity contribution in [2.75, 3.05) is 0 Å². The molecule has 0 fully saturated rings. The number of nitrogens with zero attached hydrogens (tertiary/aromatic N) is 3. The molecule has 1 aromatic heterocycles. The van der Waals surface area contributed by atoms with E-state index in [0.29, 0.717) is 6.42 Å². The highest BCUT2D eigenvalue weighted by molar-refractivity contribution is 5.86. The highest BCUT2D eigenvalue weighted by atomic mass is 16.4. The van der Waals surface area contributed by atoms with E-state index in [0.717, 1.165) is 31.5 Å². The van der Waals surface area contributed by atoms with Crippen LogP contribution in [0.25, 0.3) is 0 Å². The van der Waals surface area contributed by atoms with Crippen molar-refractivity contribution in [3.63, 3.8) is 0 Å². The summed E-state index contributed by atoms with van der Waals surface area (Å²) in [6.07, 6.45) is 5.96. The van der Waals surface area contributed by atoms with Gasteiger partial charge in [0, 0.05) is 6.54 Å². The third-order valence-electron chi connectivity index (χ3n) is 3.76. The zero-order chi connectivity index (χ0) is 15.8. The van der Waals surface area contributed by atoms with Crippen molar-refractivity contribution >= 4 is 5.97 Å². The van der Waals surface area contributed by atoms with Gasteiger partial charge in [-0.05, 0) is 24.8 Å². The first kappa shape index (κ1) is 16.2. The van der Waals surface area contributed by atoms with Gasteiger partial charge in [0.05, 0.1) is 5.69 Å². The zero-order valence-electron chi connectivity index (χ0n) is 13.0. The van der Waals surface area contributed by atoms with Gasteiger partial charge in [-0.1, -0.05) is 61.7 Å². The maximum Gasteiger partial charge on any atom is 0.358 e. The Labute approximate surface area is 131 Å². The summed E-state index contributed by atoms with van der Waals surface area (Å²) in [5.74, 6) is -0.997. The second-order valence-electron chi connectivity index (χ2n) is 5.46. The van der Waals surface area contributed by atoms with Gasteiger partial charge in [0.25, 0.3) is 0 Å². The molecule has 5 nitrogen and oxygen atoms in total. The van der Waals surface area contributed by atoms with E-state index in [1.54, 1.807) is 4.68 Å². The van der Waals surface area contributed by atoms with Gasteiger partial charge in [-0.15, -0.1) is 5.10 Å². The molecular weight excluding hydrogens is 278 g/mol. The number of unbranched alkanes of at least 4 members (excludes halogenated alkanes) is 3. The Morgan fingerprint density at radius 2 is 1.91 bits per heavy atom. The van der Waals surface area contributed by atoms with E-state index in [1.165, 1.54) is 18.4 Å². The maximum atomic E-state index is 11.3. The molecule has 5 heteroatoms. The van der Waals surface area contributed by atoms with E-state index in [-0.39, 0.29) is 5.69 Å². The highest BCUT2D eigenvalue weighted by Crippen LogP contribution is 2.12. The number of aryl methyl sites for hydroxylation is 2. The lowest BCUT2D eigenvalue weighted by molar-refractivity contribution is 0.0689. The third-order valence-corrected chi connectivity index (χ3v) is 3.76. The minimum atomic E-state index is -0.997. The SMILES string of the molecule is CCCCCCn1nnc(C(=O)O)c1CCc1ccccc1. The zero-order valence-corrected chi connectivity index (χ0v) is 13.0. The summed E-state index contributed by atoms with van der Waals surface area (Å²) < 4.78 is 1.77. The lowest BCUT2D eigenvalue weighted by Crippen LogP contribution is -2.10. The quantitative estimate of drug-likeness (QED) is 0.721. The number of carboxylic acids is 1. The Bertz CT molecular complexity index is 593. The minimum Gasteiger partial charge on any atom is -0.476 e. The number of aromatic nitrogens is 3. The molecule has 2 aromatic rings. The predicted molar refractivity (Wildman–Crippen MR) is 85.0 cm³/mol. The molecule has 0 saturated heterocycles. The average Bonchev–Trinajstić information content (AvgIpc) is 2.94. The summed E-state index contributed by atoms with van der Waals surface area (Å²) in [6, 6.07) is 10.1. The Morgan fingerprint density at radius 3 is 2.59 bits per heavy atom. The molecule has 0 radical (unpaired) electrons. The van der Waals surface area contributed by atoms with Crippen LogP contribution in [0.1, 0.15) is 54.4 Å². The van der Waals surface area contributed by atoms with Crippen molar-refractivity contribution in [3.05, 3.63) is 47.3 Å². The van der Waals surface area contributed by atoms with Crippen molar-refractivity contribution < 1.29 is 9.90 Å². The number of carbonyl (C=O) groups is 1. The molecule has 0 amide bonds. The fourth-order valence-corrected chi connectivity index (χ4v) is 2.52. The summed E-state index contributed by atoms with van der Waals surface area (Å²) in [4.78, 5) is 11.3. The van der Waals surface area contributed by atoms with Crippen molar-refractivity contribution in [1.29, 1.82) is 0 Å². The van der Waals surface area contributed by atoms with Gasteiger partial charge in [-0.3, -0.25) is 0 Å². The fraction of sp³-hybridized carbons (Fsp3) is 0.471. The standard InChI is InChI=1S/C17H23N3O2/c1-2-3-4-8-13-20-15(16(17(21)22)18-19-20)12-11-14-9-6-5-7-10-14/h5-7,9-10H,2-4,8,11-13H2,1H3,(H,21,22). The van der Waals surface area contributed by atoms with Crippen LogP contribution in [0.15, 0.2) is 30.3 Å². The molecule has 0 spiro atoms. The number of aromatic carboxylic acids is 1. The van der Waals surface area contributed by atoms with E-state index in [2.05, 4.69) is 29.4 Å². The van der Waals surface area contributed by atoms with Crippen LogP contribution in [-0.4, -0.2) is 26.1 Å². The van der Waals surface area contributed by atoms with Crippen LogP contribution in [0, 0.1) is 0 Å². The Morgan fingerprint density at radius 1 is 1.14 bits per heavy atom. The lowest BCUT2D eigenvalue weighted by atomic mass is 10.1. The van der Waals surface area contributed by atoms with Gasteiger partial charge in [-0.25, -0.2) is 9.48 Å². The number of benzene rings is 1. The van der Waals surface area contributed by atoms with Crippen molar-refractivity contribution in [2.45, 2.75) is 52.0 Å². The van der Waals surface area contributed by atoms with E-state index < -0.39 is 5.97 Å². The Balaban J connectivity index is 2.05. The second-order valence-corrected chi connectivity index (χ2v) is 5.46. The molecule has 22 heavy (non-hydrogen) atoms. The van der Waals surface area contributed by atoms with Crippen LogP contribution < -0.4 is 0 Å². The molecule has 0 saturated carbocycles. The van der Waals surface area contributed by atoms with Gasteiger partial charge < -0.3 is 5.11 Å². The van der Waals surface area contributed by atoms with Gasteiger partial charge >= 0.3 is 5.97 Å². The number of hydrogen-bond donors (Lipinski definition) is 1.